The summed E-state index contributed by atoms with van der Waals surface area (Å²) in [5, 5.41) is 5.72. The number of rotatable bonds is 5. The predicted octanol–water partition coefficient (Wildman–Crippen LogP) is 3.75. The minimum atomic E-state index is -0.0976. The molecule has 3 rings (SSSR count). The number of hydrogen-bond donors (Lipinski definition) is 1. The first kappa shape index (κ1) is 15.2. The number of benzene rings is 2. The molecule has 0 spiro atoms. The van der Waals surface area contributed by atoms with Gasteiger partial charge in [-0.15, -0.1) is 11.3 Å². The van der Waals surface area contributed by atoms with E-state index in [0.29, 0.717) is 12.1 Å². The van der Waals surface area contributed by atoms with E-state index in [1.54, 1.807) is 19.2 Å². The molecular formula is C18H16N2O2S. The number of amides is 1. The number of carbonyl (C=O) groups is 1. The lowest BCUT2D eigenvalue weighted by atomic mass is 10.1. The first-order valence-corrected chi connectivity index (χ1v) is 8.07. The van der Waals surface area contributed by atoms with Crippen LogP contribution in [-0.2, 0) is 6.54 Å². The van der Waals surface area contributed by atoms with E-state index in [-0.39, 0.29) is 5.91 Å². The number of nitrogens with zero attached hydrogens (tertiary/aromatic N) is 1. The van der Waals surface area contributed by atoms with Crippen LogP contribution in [0.25, 0.3) is 11.3 Å². The summed E-state index contributed by atoms with van der Waals surface area (Å²) in [5.74, 6) is 0.692. The van der Waals surface area contributed by atoms with Gasteiger partial charge in [-0.25, -0.2) is 4.98 Å². The number of para-hydroxylation sites is 1. The number of carbonyl (C=O) groups excluding carboxylic acids is 1. The van der Waals surface area contributed by atoms with E-state index in [0.717, 1.165) is 22.0 Å². The van der Waals surface area contributed by atoms with E-state index >= 15 is 0 Å². The predicted molar refractivity (Wildman–Crippen MR) is 91.7 cm³/mol. The minimum absolute atomic E-state index is 0.0976. The van der Waals surface area contributed by atoms with Gasteiger partial charge in [-0.3, -0.25) is 4.79 Å². The number of methoxy groups -OCH3 is 1. The van der Waals surface area contributed by atoms with Gasteiger partial charge in [-0.05, 0) is 24.3 Å². The Morgan fingerprint density at radius 2 is 1.87 bits per heavy atom. The molecule has 0 radical (unpaired) electrons. The molecule has 0 saturated carbocycles. The molecule has 0 unspecified atom stereocenters. The van der Waals surface area contributed by atoms with Crippen molar-refractivity contribution in [2.75, 3.05) is 7.11 Å². The number of thiazole rings is 1. The summed E-state index contributed by atoms with van der Waals surface area (Å²) in [6.07, 6.45) is 0. The van der Waals surface area contributed by atoms with Gasteiger partial charge in [0.05, 0.1) is 19.3 Å². The normalized spacial score (nSPS) is 10.3. The summed E-state index contributed by atoms with van der Waals surface area (Å²) >= 11 is 1.52. The van der Waals surface area contributed by atoms with Crippen LogP contribution in [0.15, 0.2) is 60.0 Å². The van der Waals surface area contributed by atoms with Crippen LogP contribution in [0.1, 0.15) is 15.4 Å². The number of ether oxygens (including phenoxy) is 1. The standard InChI is InChI=1S/C18H16N2O2S/c1-22-16-10-6-5-9-14(16)15-12-23-17(20-15)11-19-18(21)13-7-3-2-4-8-13/h2-10,12H,11H2,1H3,(H,19,21). The molecule has 4 nitrogen and oxygen atoms in total. The molecule has 5 heteroatoms. The highest BCUT2D eigenvalue weighted by Crippen LogP contribution is 2.30. The Morgan fingerprint density at radius 3 is 2.65 bits per heavy atom. The Hall–Kier alpha value is -2.66. The van der Waals surface area contributed by atoms with E-state index in [2.05, 4.69) is 10.3 Å². The lowest BCUT2D eigenvalue weighted by molar-refractivity contribution is 0.0951. The largest absolute Gasteiger partial charge is 0.496 e. The lowest BCUT2D eigenvalue weighted by Crippen LogP contribution is -2.22. The summed E-state index contributed by atoms with van der Waals surface area (Å²) in [4.78, 5) is 16.6. The van der Waals surface area contributed by atoms with Gasteiger partial charge in [0.2, 0.25) is 0 Å². The van der Waals surface area contributed by atoms with Crippen LogP contribution >= 0.6 is 11.3 Å². The van der Waals surface area contributed by atoms with Crippen molar-refractivity contribution in [1.82, 2.24) is 10.3 Å². The van der Waals surface area contributed by atoms with Crippen molar-refractivity contribution >= 4 is 17.2 Å². The summed E-state index contributed by atoms with van der Waals surface area (Å²) < 4.78 is 5.36. The van der Waals surface area contributed by atoms with E-state index < -0.39 is 0 Å². The molecule has 116 valence electrons. The van der Waals surface area contributed by atoms with Crippen molar-refractivity contribution in [1.29, 1.82) is 0 Å². The third-order valence-electron chi connectivity index (χ3n) is 3.37. The van der Waals surface area contributed by atoms with Gasteiger partial charge >= 0.3 is 0 Å². The Balaban J connectivity index is 1.69. The molecular weight excluding hydrogens is 308 g/mol. The molecule has 0 bridgehead atoms. The minimum Gasteiger partial charge on any atom is -0.496 e. The van der Waals surface area contributed by atoms with Crippen LogP contribution in [0.5, 0.6) is 5.75 Å². The fourth-order valence-electron chi connectivity index (χ4n) is 2.22. The quantitative estimate of drug-likeness (QED) is 0.777. The van der Waals surface area contributed by atoms with Crippen molar-refractivity contribution in [3.8, 4) is 17.0 Å². The van der Waals surface area contributed by atoms with Crippen LogP contribution in [0, 0.1) is 0 Å². The molecule has 0 fully saturated rings. The lowest BCUT2D eigenvalue weighted by Gasteiger charge is -2.05. The molecule has 1 amide bonds. The van der Waals surface area contributed by atoms with Crippen molar-refractivity contribution < 1.29 is 9.53 Å². The third kappa shape index (κ3) is 3.57. The van der Waals surface area contributed by atoms with Gasteiger partial charge in [0.15, 0.2) is 0 Å². The number of nitrogens with one attached hydrogen (secondary N) is 1. The van der Waals surface area contributed by atoms with Crippen molar-refractivity contribution in [3.63, 3.8) is 0 Å². The van der Waals surface area contributed by atoms with Crippen LogP contribution < -0.4 is 10.1 Å². The van der Waals surface area contributed by atoms with E-state index in [9.17, 15) is 4.79 Å². The van der Waals surface area contributed by atoms with E-state index in [1.807, 2.05) is 47.8 Å². The molecule has 1 N–H and O–H groups in total. The average Bonchev–Trinajstić information content (AvgIpc) is 3.09. The van der Waals surface area contributed by atoms with Crippen LogP contribution in [-0.4, -0.2) is 18.0 Å². The fraction of sp³-hybridized carbons (Fsp3) is 0.111. The second kappa shape index (κ2) is 7.07. The topological polar surface area (TPSA) is 51.2 Å². The zero-order valence-corrected chi connectivity index (χ0v) is 13.5. The first-order chi connectivity index (χ1) is 11.3. The highest BCUT2D eigenvalue weighted by molar-refractivity contribution is 7.09. The molecule has 23 heavy (non-hydrogen) atoms. The molecule has 0 aliphatic rings. The zero-order valence-electron chi connectivity index (χ0n) is 12.7. The second-order valence-electron chi connectivity index (χ2n) is 4.88. The Kier molecular flexibility index (Phi) is 4.68. The maximum absolute atomic E-state index is 12.0. The maximum atomic E-state index is 12.0. The average molecular weight is 324 g/mol. The second-order valence-corrected chi connectivity index (χ2v) is 5.82. The molecule has 0 aliphatic heterocycles. The molecule has 0 atom stereocenters. The molecule has 1 aromatic heterocycles. The number of aromatic nitrogens is 1. The van der Waals surface area contributed by atoms with Gasteiger partial charge in [0, 0.05) is 16.5 Å². The molecule has 1 heterocycles. The Morgan fingerprint density at radius 1 is 1.13 bits per heavy atom. The highest BCUT2D eigenvalue weighted by atomic mass is 32.1. The maximum Gasteiger partial charge on any atom is 0.251 e. The van der Waals surface area contributed by atoms with Crippen LogP contribution in [0.3, 0.4) is 0 Å². The van der Waals surface area contributed by atoms with Gasteiger partial charge in [-0.2, -0.15) is 0 Å². The highest BCUT2D eigenvalue weighted by Gasteiger charge is 2.10. The number of hydrogen-bond acceptors (Lipinski definition) is 4. The monoisotopic (exact) mass is 324 g/mol. The van der Waals surface area contributed by atoms with E-state index in [4.69, 9.17) is 4.74 Å². The van der Waals surface area contributed by atoms with E-state index in [1.165, 1.54) is 11.3 Å². The summed E-state index contributed by atoms with van der Waals surface area (Å²) in [6, 6.07) is 16.9. The van der Waals surface area contributed by atoms with Crippen molar-refractivity contribution in [2.45, 2.75) is 6.54 Å². The van der Waals surface area contributed by atoms with Gasteiger partial charge in [-0.1, -0.05) is 30.3 Å². The Bertz CT molecular complexity index is 800. The molecule has 0 saturated heterocycles. The van der Waals surface area contributed by atoms with Crippen molar-refractivity contribution in [3.05, 3.63) is 70.5 Å². The third-order valence-corrected chi connectivity index (χ3v) is 4.22. The smallest absolute Gasteiger partial charge is 0.251 e. The van der Waals surface area contributed by atoms with Crippen LogP contribution in [0.4, 0.5) is 0 Å². The Labute approximate surface area is 138 Å². The SMILES string of the molecule is COc1ccccc1-c1csc(CNC(=O)c2ccccc2)n1. The van der Waals surface area contributed by atoms with Gasteiger partial charge in [0.1, 0.15) is 10.8 Å². The van der Waals surface area contributed by atoms with Gasteiger partial charge in [0.25, 0.3) is 5.91 Å². The summed E-state index contributed by atoms with van der Waals surface area (Å²) in [6.45, 7) is 0.410. The molecule has 2 aromatic carbocycles. The van der Waals surface area contributed by atoms with Gasteiger partial charge < -0.3 is 10.1 Å². The first-order valence-electron chi connectivity index (χ1n) is 7.19. The fourth-order valence-corrected chi connectivity index (χ4v) is 2.95. The summed E-state index contributed by atoms with van der Waals surface area (Å²) in [5.41, 5.74) is 2.46. The summed E-state index contributed by atoms with van der Waals surface area (Å²) in [7, 11) is 1.65. The molecule has 3 aromatic rings. The van der Waals surface area contributed by atoms with Crippen molar-refractivity contribution in [2.24, 2.45) is 0 Å². The molecule has 0 aliphatic carbocycles. The van der Waals surface area contributed by atoms with Crippen LogP contribution in [0.2, 0.25) is 0 Å². The zero-order chi connectivity index (χ0) is 16.1.